The third-order valence-corrected chi connectivity index (χ3v) is 5.85. The summed E-state index contributed by atoms with van der Waals surface area (Å²) in [7, 11) is 2.86. The van der Waals surface area contributed by atoms with Crippen LogP contribution in [-0.2, 0) is 30.2 Å². The van der Waals surface area contributed by atoms with Gasteiger partial charge in [0.15, 0.2) is 6.61 Å². The zero-order valence-electron chi connectivity index (χ0n) is 17.7. The van der Waals surface area contributed by atoms with Gasteiger partial charge in [0.25, 0.3) is 5.56 Å². The molecule has 0 saturated carbocycles. The van der Waals surface area contributed by atoms with E-state index in [1.807, 2.05) is 31.4 Å². The van der Waals surface area contributed by atoms with Crippen LogP contribution in [0.25, 0.3) is 6.08 Å². The lowest BCUT2D eigenvalue weighted by atomic mass is 10.1. The molecule has 0 atom stereocenters. The van der Waals surface area contributed by atoms with E-state index >= 15 is 0 Å². The molecule has 31 heavy (non-hydrogen) atoms. The van der Waals surface area contributed by atoms with Crippen LogP contribution in [0, 0.1) is 13.8 Å². The highest BCUT2D eigenvalue weighted by Gasteiger charge is 2.17. The molecule has 0 N–H and O–H groups in total. The number of rotatable bonds is 7. The Balaban J connectivity index is 1.66. The summed E-state index contributed by atoms with van der Waals surface area (Å²) in [5.74, 6) is -1.05. The number of thiophene rings is 1. The molecule has 0 aromatic carbocycles. The van der Waals surface area contributed by atoms with E-state index in [1.54, 1.807) is 17.4 Å². The van der Waals surface area contributed by atoms with E-state index in [-0.39, 0.29) is 11.3 Å². The number of carbonyl (C=O) groups is 2. The van der Waals surface area contributed by atoms with Crippen molar-refractivity contribution in [3.05, 3.63) is 84.1 Å². The van der Waals surface area contributed by atoms with Gasteiger partial charge in [-0.25, -0.2) is 9.59 Å². The number of ketones is 1. The Morgan fingerprint density at radius 2 is 1.94 bits per heavy atom. The Morgan fingerprint density at radius 1 is 1.19 bits per heavy atom. The number of hydrogen-bond acceptors (Lipinski definition) is 6. The van der Waals surface area contributed by atoms with Crippen LogP contribution in [0.15, 0.2) is 45.4 Å². The molecule has 0 saturated heterocycles. The number of hydrogen-bond donors (Lipinski definition) is 0. The van der Waals surface area contributed by atoms with Gasteiger partial charge in [-0.15, -0.1) is 11.3 Å². The molecule has 0 aliphatic rings. The van der Waals surface area contributed by atoms with Gasteiger partial charge in [-0.2, -0.15) is 0 Å². The summed E-state index contributed by atoms with van der Waals surface area (Å²) in [6.07, 6.45) is 3.66. The summed E-state index contributed by atoms with van der Waals surface area (Å²) in [5, 5.41) is 2.01. The Morgan fingerprint density at radius 3 is 2.61 bits per heavy atom. The average Bonchev–Trinajstić information content (AvgIpc) is 3.36. The number of ether oxygens (including phenoxy) is 1. The Bertz CT molecular complexity index is 1280. The second kappa shape index (κ2) is 9.13. The predicted molar refractivity (Wildman–Crippen MR) is 119 cm³/mol. The van der Waals surface area contributed by atoms with Crippen molar-refractivity contribution in [3.8, 4) is 0 Å². The van der Waals surface area contributed by atoms with Crippen molar-refractivity contribution in [2.75, 3.05) is 6.61 Å². The van der Waals surface area contributed by atoms with E-state index in [1.165, 1.54) is 35.8 Å². The molecule has 8 nitrogen and oxygen atoms in total. The summed E-state index contributed by atoms with van der Waals surface area (Å²) < 4.78 is 9.29. The molecule has 0 aliphatic heterocycles. The Kier molecular flexibility index (Phi) is 6.55. The molecule has 3 heterocycles. The summed E-state index contributed by atoms with van der Waals surface area (Å²) >= 11 is 1.65. The standard InChI is InChI=1S/C22H23N3O5S/c1-14-10-18(15(2)25(14)12-17-6-5-9-31-17)19(26)13-30-20(27)8-7-16-11-23(3)22(29)24(4)21(16)28/h5-11H,12-13H2,1-4H3/b8-7+. The average molecular weight is 442 g/mol. The van der Waals surface area contributed by atoms with E-state index in [0.29, 0.717) is 12.1 Å². The fraction of sp³-hybridized carbons (Fsp3) is 0.273. The quantitative estimate of drug-likeness (QED) is 0.318. The Labute approximate surface area is 182 Å². The molecule has 3 aromatic heterocycles. The van der Waals surface area contributed by atoms with Gasteiger partial charge >= 0.3 is 11.7 Å². The van der Waals surface area contributed by atoms with Crippen molar-refractivity contribution < 1.29 is 14.3 Å². The molecule has 0 spiro atoms. The first-order valence-electron chi connectivity index (χ1n) is 9.53. The topological polar surface area (TPSA) is 92.3 Å². The monoisotopic (exact) mass is 441 g/mol. The summed E-state index contributed by atoms with van der Waals surface area (Å²) in [5.41, 5.74) is 1.44. The fourth-order valence-corrected chi connectivity index (χ4v) is 3.95. The van der Waals surface area contributed by atoms with Gasteiger partial charge in [0, 0.05) is 48.2 Å². The van der Waals surface area contributed by atoms with Gasteiger partial charge in [0.1, 0.15) is 0 Å². The highest BCUT2D eigenvalue weighted by Crippen LogP contribution is 2.19. The highest BCUT2D eigenvalue weighted by atomic mass is 32.1. The van der Waals surface area contributed by atoms with Gasteiger partial charge in [-0.05, 0) is 37.4 Å². The molecule has 162 valence electrons. The fourth-order valence-electron chi connectivity index (χ4n) is 3.26. The SMILES string of the molecule is Cc1cc(C(=O)COC(=O)/C=C/c2cn(C)c(=O)n(C)c2=O)c(C)n1Cc1cccs1. The third kappa shape index (κ3) is 4.83. The number of esters is 1. The van der Waals surface area contributed by atoms with Crippen LogP contribution in [0.3, 0.4) is 0 Å². The maximum Gasteiger partial charge on any atom is 0.331 e. The molecule has 0 unspecified atom stereocenters. The van der Waals surface area contributed by atoms with Crippen LogP contribution in [0.2, 0.25) is 0 Å². The molecular weight excluding hydrogens is 418 g/mol. The molecule has 9 heteroatoms. The minimum absolute atomic E-state index is 0.157. The second-order valence-corrected chi connectivity index (χ2v) is 8.19. The zero-order valence-corrected chi connectivity index (χ0v) is 18.6. The number of aromatic nitrogens is 3. The zero-order chi connectivity index (χ0) is 22.7. The highest BCUT2D eigenvalue weighted by molar-refractivity contribution is 7.09. The number of nitrogens with zero attached hydrogens (tertiary/aromatic N) is 3. The smallest absolute Gasteiger partial charge is 0.331 e. The lowest BCUT2D eigenvalue weighted by Gasteiger charge is -2.08. The largest absolute Gasteiger partial charge is 0.454 e. The maximum absolute atomic E-state index is 12.6. The molecular formula is C22H23N3O5S. The van der Waals surface area contributed by atoms with E-state index < -0.39 is 23.8 Å². The van der Waals surface area contributed by atoms with Crippen LogP contribution in [0.5, 0.6) is 0 Å². The van der Waals surface area contributed by atoms with Crippen molar-refractivity contribution in [2.45, 2.75) is 20.4 Å². The van der Waals surface area contributed by atoms with Gasteiger partial charge in [0.2, 0.25) is 5.78 Å². The summed E-state index contributed by atoms with van der Waals surface area (Å²) in [6, 6.07) is 5.82. The van der Waals surface area contributed by atoms with E-state index in [4.69, 9.17) is 4.74 Å². The number of Topliss-reactive ketones (excluding diaryl/α,β-unsaturated/α-hetero) is 1. The van der Waals surface area contributed by atoms with Crippen LogP contribution >= 0.6 is 11.3 Å². The van der Waals surface area contributed by atoms with Crippen molar-refractivity contribution >= 4 is 29.2 Å². The van der Waals surface area contributed by atoms with Gasteiger partial charge in [0.05, 0.1) is 12.1 Å². The first-order valence-corrected chi connectivity index (χ1v) is 10.4. The maximum atomic E-state index is 12.6. The normalized spacial score (nSPS) is 11.2. The number of aryl methyl sites for hydroxylation is 2. The Hall–Kier alpha value is -3.46. The van der Waals surface area contributed by atoms with Gasteiger partial charge in [-0.3, -0.25) is 14.2 Å². The first kappa shape index (κ1) is 22.2. The van der Waals surface area contributed by atoms with E-state index in [2.05, 4.69) is 4.57 Å². The predicted octanol–water partition coefficient (Wildman–Crippen LogP) is 2.05. The summed E-state index contributed by atoms with van der Waals surface area (Å²) in [4.78, 5) is 49.6. The third-order valence-electron chi connectivity index (χ3n) is 4.99. The lowest BCUT2D eigenvalue weighted by Crippen LogP contribution is -2.37. The van der Waals surface area contributed by atoms with Crippen molar-refractivity contribution in [1.82, 2.24) is 13.7 Å². The molecule has 0 amide bonds. The van der Waals surface area contributed by atoms with Crippen molar-refractivity contribution in [1.29, 1.82) is 0 Å². The summed E-state index contributed by atoms with van der Waals surface area (Å²) in [6.45, 7) is 4.07. The first-order chi connectivity index (χ1) is 14.7. The molecule has 3 aromatic rings. The number of carbonyl (C=O) groups excluding carboxylic acids is 2. The molecule has 0 radical (unpaired) electrons. The van der Waals surface area contributed by atoms with Crippen molar-refractivity contribution in [2.24, 2.45) is 14.1 Å². The molecule has 0 aliphatic carbocycles. The van der Waals surface area contributed by atoms with Crippen molar-refractivity contribution in [3.63, 3.8) is 0 Å². The van der Waals surface area contributed by atoms with Crippen LogP contribution < -0.4 is 11.2 Å². The second-order valence-electron chi connectivity index (χ2n) is 7.16. The van der Waals surface area contributed by atoms with Crippen LogP contribution in [0.4, 0.5) is 0 Å². The van der Waals surface area contributed by atoms with Gasteiger partial charge < -0.3 is 13.9 Å². The molecule has 0 fully saturated rings. The van der Waals surface area contributed by atoms with E-state index in [9.17, 15) is 19.2 Å². The minimum atomic E-state index is -0.753. The minimum Gasteiger partial charge on any atom is -0.454 e. The van der Waals surface area contributed by atoms with Crippen LogP contribution in [-0.4, -0.2) is 32.1 Å². The van der Waals surface area contributed by atoms with E-state index in [0.717, 1.165) is 22.0 Å². The van der Waals surface area contributed by atoms with Gasteiger partial charge in [-0.1, -0.05) is 6.07 Å². The molecule has 3 rings (SSSR count). The molecule has 0 bridgehead atoms. The van der Waals surface area contributed by atoms with Crippen LogP contribution in [0.1, 0.15) is 32.2 Å². The lowest BCUT2D eigenvalue weighted by molar-refractivity contribution is -0.136.